The molecule has 3 aliphatic rings. The number of fused-ring (bicyclic) bond motifs is 6. The van der Waals surface area contributed by atoms with Gasteiger partial charge in [-0.15, -0.1) is 0 Å². The zero-order chi connectivity index (χ0) is 32.6. The second-order valence-corrected chi connectivity index (χ2v) is 12.6. The molecule has 2 aromatic carbocycles. The molecule has 2 fully saturated rings. The van der Waals surface area contributed by atoms with Crippen molar-refractivity contribution in [3.63, 3.8) is 0 Å². The van der Waals surface area contributed by atoms with E-state index in [1.54, 1.807) is 45.4 Å². The number of nitrogens with one attached hydrogen (secondary N) is 1. The lowest BCUT2D eigenvalue weighted by atomic mass is 9.54. The topological polar surface area (TPSA) is 126 Å². The zero-order valence-electron chi connectivity index (χ0n) is 27.0. The molecule has 3 heterocycles. The van der Waals surface area contributed by atoms with Crippen molar-refractivity contribution in [3.05, 3.63) is 64.8 Å². The maximum absolute atomic E-state index is 13.6. The Labute approximate surface area is 268 Å². The first-order chi connectivity index (χ1) is 22.2. The van der Waals surface area contributed by atoms with Crippen molar-refractivity contribution in [2.75, 3.05) is 41.0 Å². The molecule has 2 aliphatic heterocycles. The Morgan fingerprint density at radius 2 is 1.83 bits per heavy atom. The van der Waals surface area contributed by atoms with Crippen LogP contribution in [0.15, 0.2) is 42.5 Å². The largest absolute Gasteiger partial charge is 0.508 e. The predicted octanol–water partition coefficient (Wildman–Crippen LogP) is 5.21. The van der Waals surface area contributed by atoms with Crippen LogP contribution in [0.25, 0.3) is 10.9 Å². The highest BCUT2D eigenvalue weighted by atomic mass is 16.7. The van der Waals surface area contributed by atoms with Gasteiger partial charge in [-0.25, -0.2) is 9.59 Å². The average molecular weight is 635 g/mol. The van der Waals surface area contributed by atoms with Crippen molar-refractivity contribution in [1.29, 1.82) is 0 Å². The lowest BCUT2D eigenvalue weighted by Gasteiger charge is -2.58. The number of carbonyl (C=O) groups is 3. The molecule has 6 rings (SSSR count). The van der Waals surface area contributed by atoms with Gasteiger partial charge in [0.15, 0.2) is 0 Å². The molecule has 1 aromatic heterocycles. The van der Waals surface area contributed by atoms with E-state index < -0.39 is 35.7 Å². The van der Waals surface area contributed by atoms with Crippen molar-refractivity contribution in [2.45, 2.75) is 58.0 Å². The Morgan fingerprint density at radius 1 is 1.04 bits per heavy atom. The number of aromatic nitrogens is 1. The molecule has 0 amide bonds. The fourth-order valence-electron chi connectivity index (χ4n) is 7.96. The molecule has 46 heavy (non-hydrogen) atoms. The molecular formula is C35H42N2O9. The number of esters is 2. The van der Waals surface area contributed by atoms with Gasteiger partial charge in [0.25, 0.3) is 0 Å². The molecular weight excluding hydrogens is 592 g/mol. The summed E-state index contributed by atoms with van der Waals surface area (Å²) in [5.41, 5.74) is 4.14. The van der Waals surface area contributed by atoms with Crippen LogP contribution in [0.2, 0.25) is 0 Å². The van der Waals surface area contributed by atoms with Crippen molar-refractivity contribution in [2.24, 2.45) is 17.3 Å². The summed E-state index contributed by atoms with van der Waals surface area (Å²) in [6.45, 7) is 5.77. The van der Waals surface area contributed by atoms with E-state index in [2.05, 4.69) is 22.9 Å². The lowest BCUT2D eigenvalue weighted by Crippen LogP contribution is -2.63. The molecule has 0 bridgehead atoms. The molecule has 1 saturated heterocycles. The summed E-state index contributed by atoms with van der Waals surface area (Å²) < 4.78 is 32.8. The van der Waals surface area contributed by atoms with Gasteiger partial charge in [-0.2, -0.15) is 0 Å². The quantitative estimate of drug-likeness (QED) is 0.261. The summed E-state index contributed by atoms with van der Waals surface area (Å²) >= 11 is 0. The summed E-state index contributed by atoms with van der Waals surface area (Å²) in [6.07, 6.45) is 0.119. The van der Waals surface area contributed by atoms with Gasteiger partial charge >= 0.3 is 18.1 Å². The fourth-order valence-corrected chi connectivity index (χ4v) is 7.96. The van der Waals surface area contributed by atoms with Gasteiger partial charge < -0.3 is 33.4 Å². The highest BCUT2D eigenvalue weighted by Gasteiger charge is 2.60. The Morgan fingerprint density at radius 3 is 2.52 bits per heavy atom. The molecule has 6 atom stereocenters. The first kappa shape index (κ1) is 31.9. The van der Waals surface area contributed by atoms with E-state index in [1.165, 1.54) is 23.8 Å². The number of hydrogen-bond donors (Lipinski definition) is 1. The number of methoxy groups -OCH3 is 3. The molecule has 1 aliphatic carbocycles. The molecule has 6 unspecified atom stereocenters. The monoisotopic (exact) mass is 634 g/mol. The molecule has 3 aromatic rings. The first-order valence-electron chi connectivity index (χ1n) is 15.8. The molecule has 11 heteroatoms. The maximum Gasteiger partial charge on any atom is 0.508 e. The number of nitrogens with zero attached hydrogens (tertiary/aromatic N) is 1. The van der Waals surface area contributed by atoms with E-state index in [-0.39, 0.29) is 31.1 Å². The molecule has 11 nitrogen and oxygen atoms in total. The van der Waals surface area contributed by atoms with E-state index >= 15 is 0 Å². The van der Waals surface area contributed by atoms with Gasteiger partial charge in [-0.1, -0.05) is 19.1 Å². The lowest BCUT2D eigenvalue weighted by molar-refractivity contribution is -0.196. The number of hydrogen-bond acceptors (Lipinski definition) is 10. The van der Waals surface area contributed by atoms with Gasteiger partial charge in [-0.05, 0) is 72.9 Å². The van der Waals surface area contributed by atoms with Crippen molar-refractivity contribution >= 4 is 29.0 Å². The number of piperidine rings is 1. The minimum atomic E-state index is -0.748. The Kier molecular flexibility index (Phi) is 8.98. The number of H-pyrrole nitrogens is 1. The number of ether oxygens (including phenoxy) is 6. The third-order valence-corrected chi connectivity index (χ3v) is 10.3. The maximum atomic E-state index is 13.6. The SMILES string of the molecule is CCOC(=O)OCc1ccc(C(=O)OC2CC3CN4CCc5c([nH]c6cc(OC)ccc56)C4CC3(C)C(C(=O)OC)C2OC)cc1. The Hall–Kier alpha value is -4.09. The summed E-state index contributed by atoms with van der Waals surface area (Å²) in [5, 5.41) is 1.21. The van der Waals surface area contributed by atoms with Gasteiger partial charge in [0.2, 0.25) is 0 Å². The summed E-state index contributed by atoms with van der Waals surface area (Å²) in [4.78, 5) is 44.7. The van der Waals surface area contributed by atoms with Crippen LogP contribution < -0.4 is 4.74 Å². The van der Waals surface area contributed by atoms with E-state index in [0.29, 0.717) is 17.5 Å². The van der Waals surface area contributed by atoms with Gasteiger partial charge in [-0.3, -0.25) is 9.69 Å². The second-order valence-electron chi connectivity index (χ2n) is 12.6. The van der Waals surface area contributed by atoms with E-state index in [1.807, 2.05) is 12.1 Å². The van der Waals surface area contributed by atoms with Crippen LogP contribution in [0.1, 0.15) is 59.9 Å². The van der Waals surface area contributed by atoms with E-state index in [9.17, 15) is 14.4 Å². The number of benzene rings is 2. The molecule has 0 radical (unpaired) electrons. The number of rotatable bonds is 8. The number of aromatic amines is 1. The fraction of sp³-hybridized carbons (Fsp3) is 0.514. The molecule has 0 spiro atoms. The van der Waals surface area contributed by atoms with E-state index in [0.717, 1.165) is 37.2 Å². The van der Waals surface area contributed by atoms with Crippen molar-refractivity contribution < 1.29 is 42.8 Å². The Bertz CT molecular complexity index is 1600. The number of carbonyl (C=O) groups excluding carboxylic acids is 3. The van der Waals surface area contributed by atoms with Crippen LogP contribution in [-0.2, 0) is 41.5 Å². The van der Waals surface area contributed by atoms with Crippen LogP contribution in [-0.4, -0.2) is 81.2 Å². The van der Waals surface area contributed by atoms with Crippen LogP contribution >= 0.6 is 0 Å². The molecule has 246 valence electrons. The normalized spacial score (nSPS) is 27.1. The van der Waals surface area contributed by atoms with Crippen molar-refractivity contribution in [3.8, 4) is 5.75 Å². The highest BCUT2D eigenvalue weighted by molar-refractivity contribution is 5.89. The highest BCUT2D eigenvalue weighted by Crippen LogP contribution is 2.57. The minimum Gasteiger partial charge on any atom is -0.497 e. The third kappa shape index (κ3) is 5.71. The zero-order valence-corrected chi connectivity index (χ0v) is 27.0. The van der Waals surface area contributed by atoms with Crippen LogP contribution in [0.5, 0.6) is 5.75 Å². The minimum absolute atomic E-state index is 0.0231. The predicted molar refractivity (Wildman–Crippen MR) is 167 cm³/mol. The summed E-state index contributed by atoms with van der Waals surface area (Å²) in [5.74, 6) is -0.651. The molecule has 1 N–H and O–H groups in total. The first-order valence-corrected chi connectivity index (χ1v) is 15.8. The standard InChI is InChI=1S/C35H42N2O9/c1-6-44-34(40)45-19-20-7-9-21(10-8-20)32(38)46-28-15-22-18-37-14-13-25-24-12-11-23(41-3)16-26(24)36-30(25)27(37)17-35(22,2)29(31(28)42-4)33(39)43-5/h7-12,16,22,27-29,31,36H,6,13-15,17-19H2,1-5H3. The van der Waals surface area contributed by atoms with Crippen LogP contribution in [0, 0.1) is 17.3 Å². The third-order valence-electron chi connectivity index (χ3n) is 10.3. The van der Waals surface area contributed by atoms with Gasteiger partial charge in [0.05, 0.1) is 38.3 Å². The summed E-state index contributed by atoms with van der Waals surface area (Å²) in [7, 11) is 4.63. The van der Waals surface area contributed by atoms with Gasteiger partial charge in [0, 0.05) is 42.9 Å². The smallest absolute Gasteiger partial charge is 0.497 e. The van der Waals surface area contributed by atoms with Crippen LogP contribution in [0.4, 0.5) is 4.79 Å². The summed E-state index contributed by atoms with van der Waals surface area (Å²) in [6, 6.07) is 12.9. The Balaban J connectivity index is 1.23. The van der Waals surface area contributed by atoms with Crippen molar-refractivity contribution in [1.82, 2.24) is 9.88 Å². The second kappa shape index (κ2) is 13.0. The van der Waals surface area contributed by atoms with Crippen LogP contribution in [0.3, 0.4) is 0 Å². The van der Waals surface area contributed by atoms with E-state index in [4.69, 9.17) is 28.4 Å². The van der Waals surface area contributed by atoms with Gasteiger partial charge in [0.1, 0.15) is 24.6 Å². The molecule has 1 saturated carbocycles. The average Bonchev–Trinajstić information content (AvgIpc) is 3.44.